The number of aliphatic hydroxyl groups is 1. The molecule has 0 bridgehead atoms. The summed E-state index contributed by atoms with van der Waals surface area (Å²) in [6.07, 6.45) is 1.88. The molecular formula is C11H15NO. The van der Waals surface area contributed by atoms with Gasteiger partial charge in [-0.2, -0.15) is 0 Å². The molecule has 2 nitrogen and oxygen atoms in total. The molecule has 0 radical (unpaired) electrons. The minimum atomic E-state index is 0.0951. The Morgan fingerprint density at radius 3 is 2.69 bits per heavy atom. The molecule has 0 fully saturated rings. The zero-order valence-corrected chi connectivity index (χ0v) is 8.04. The van der Waals surface area contributed by atoms with Gasteiger partial charge < -0.3 is 10.1 Å². The van der Waals surface area contributed by atoms with E-state index in [4.69, 9.17) is 5.11 Å². The third-order valence-electron chi connectivity index (χ3n) is 1.84. The number of aliphatic hydroxyl groups excluding tert-OH is 1. The minimum absolute atomic E-state index is 0.0951. The second-order valence-corrected chi connectivity index (χ2v) is 2.52. The van der Waals surface area contributed by atoms with Gasteiger partial charge in [-0.15, -0.1) is 0 Å². The summed E-state index contributed by atoms with van der Waals surface area (Å²) in [5.74, 6) is 0. The van der Waals surface area contributed by atoms with Crippen LogP contribution in [0.1, 0.15) is 19.4 Å². The molecule has 0 amide bonds. The summed E-state index contributed by atoms with van der Waals surface area (Å²) in [7, 11) is 0. The van der Waals surface area contributed by atoms with Crippen molar-refractivity contribution in [2.45, 2.75) is 20.5 Å². The van der Waals surface area contributed by atoms with Crippen molar-refractivity contribution in [1.29, 1.82) is 0 Å². The third kappa shape index (κ3) is 1.90. The number of nitrogens with one attached hydrogen (secondary N) is 1. The monoisotopic (exact) mass is 177 g/mol. The third-order valence-corrected chi connectivity index (χ3v) is 1.84. The van der Waals surface area contributed by atoms with Crippen molar-refractivity contribution < 1.29 is 5.11 Å². The number of aromatic amines is 1. The molecule has 13 heavy (non-hydrogen) atoms. The lowest BCUT2D eigenvalue weighted by atomic mass is 10.1. The van der Waals surface area contributed by atoms with Crippen molar-refractivity contribution in [2.24, 2.45) is 0 Å². The Kier molecular flexibility index (Phi) is 3.53. The highest BCUT2D eigenvalue weighted by molar-refractivity contribution is 5.82. The molecule has 1 aromatic heterocycles. The van der Waals surface area contributed by atoms with Crippen LogP contribution >= 0.6 is 0 Å². The summed E-state index contributed by atoms with van der Waals surface area (Å²) in [6, 6.07) is 7.88. The van der Waals surface area contributed by atoms with Gasteiger partial charge in [-0.1, -0.05) is 32.0 Å². The van der Waals surface area contributed by atoms with Crippen molar-refractivity contribution in [2.75, 3.05) is 0 Å². The first-order chi connectivity index (χ1) is 6.42. The van der Waals surface area contributed by atoms with Crippen LogP contribution < -0.4 is 0 Å². The van der Waals surface area contributed by atoms with Crippen LogP contribution in [0.2, 0.25) is 0 Å². The Morgan fingerprint density at radius 1 is 1.23 bits per heavy atom. The second kappa shape index (κ2) is 4.67. The Hall–Kier alpha value is -1.28. The van der Waals surface area contributed by atoms with E-state index in [1.807, 2.05) is 44.3 Å². The first-order valence-corrected chi connectivity index (χ1v) is 4.57. The van der Waals surface area contributed by atoms with Crippen LogP contribution in [0.5, 0.6) is 0 Å². The molecule has 0 unspecified atom stereocenters. The zero-order valence-electron chi connectivity index (χ0n) is 8.04. The zero-order chi connectivity index (χ0) is 9.68. The molecule has 0 spiro atoms. The molecule has 0 saturated heterocycles. The fraction of sp³-hybridized carbons (Fsp3) is 0.273. The van der Waals surface area contributed by atoms with Gasteiger partial charge >= 0.3 is 0 Å². The number of fused-ring (bicyclic) bond motifs is 1. The normalized spacial score (nSPS) is 9.46. The molecule has 1 heterocycles. The number of H-pyrrole nitrogens is 1. The Bertz CT molecular complexity index is 365. The fourth-order valence-electron chi connectivity index (χ4n) is 1.28. The molecule has 2 N–H and O–H groups in total. The summed E-state index contributed by atoms with van der Waals surface area (Å²) in [4.78, 5) is 3.08. The molecule has 0 aliphatic heterocycles. The van der Waals surface area contributed by atoms with Crippen LogP contribution in [0.3, 0.4) is 0 Å². The Morgan fingerprint density at radius 2 is 2.00 bits per heavy atom. The van der Waals surface area contributed by atoms with Crippen molar-refractivity contribution in [3.8, 4) is 0 Å². The van der Waals surface area contributed by atoms with Gasteiger partial charge in [0.05, 0.1) is 12.1 Å². The molecule has 0 saturated carbocycles. The minimum Gasteiger partial charge on any atom is -0.392 e. The molecule has 1 aromatic carbocycles. The summed E-state index contributed by atoms with van der Waals surface area (Å²) >= 11 is 0. The molecule has 2 heteroatoms. The van der Waals surface area contributed by atoms with E-state index in [0.717, 1.165) is 16.5 Å². The van der Waals surface area contributed by atoms with Crippen LogP contribution in [0.25, 0.3) is 10.9 Å². The number of hydrogen-bond acceptors (Lipinski definition) is 1. The van der Waals surface area contributed by atoms with Crippen LogP contribution in [-0.2, 0) is 6.61 Å². The van der Waals surface area contributed by atoms with Crippen molar-refractivity contribution in [3.63, 3.8) is 0 Å². The quantitative estimate of drug-likeness (QED) is 0.690. The largest absolute Gasteiger partial charge is 0.392 e. The van der Waals surface area contributed by atoms with Gasteiger partial charge in [-0.25, -0.2) is 0 Å². The lowest BCUT2D eigenvalue weighted by molar-refractivity contribution is 0.283. The van der Waals surface area contributed by atoms with Crippen LogP contribution in [0.4, 0.5) is 0 Å². The maximum Gasteiger partial charge on any atom is 0.0702 e. The Balaban J connectivity index is 0.000000396. The van der Waals surface area contributed by atoms with E-state index in [2.05, 4.69) is 4.98 Å². The van der Waals surface area contributed by atoms with Crippen LogP contribution in [0.15, 0.2) is 30.5 Å². The van der Waals surface area contributed by atoms with Gasteiger partial charge in [0.15, 0.2) is 0 Å². The molecule has 2 rings (SSSR count). The average molecular weight is 177 g/mol. The summed E-state index contributed by atoms with van der Waals surface area (Å²) in [5.41, 5.74) is 1.99. The van der Waals surface area contributed by atoms with E-state index >= 15 is 0 Å². The molecule has 0 aliphatic rings. The van der Waals surface area contributed by atoms with Gasteiger partial charge in [0.25, 0.3) is 0 Å². The first kappa shape index (κ1) is 9.81. The topological polar surface area (TPSA) is 36.0 Å². The highest BCUT2D eigenvalue weighted by Crippen LogP contribution is 2.16. The summed E-state index contributed by atoms with van der Waals surface area (Å²) in [6.45, 7) is 4.10. The van der Waals surface area contributed by atoms with Gasteiger partial charge in [-0.05, 0) is 11.5 Å². The maximum absolute atomic E-state index is 8.93. The highest BCUT2D eigenvalue weighted by Gasteiger charge is 1.97. The molecule has 2 aromatic rings. The van der Waals surface area contributed by atoms with Crippen LogP contribution in [-0.4, -0.2) is 10.1 Å². The standard InChI is InChI=1S/C9H9NO.C2H6/c11-6-8-3-1-2-7-4-5-10-9(7)8;1-2/h1-5,10-11H,6H2;1-2H3. The average Bonchev–Trinajstić information content (AvgIpc) is 2.68. The summed E-state index contributed by atoms with van der Waals surface area (Å²) < 4.78 is 0. The van der Waals surface area contributed by atoms with Crippen molar-refractivity contribution in [3.05, 3.63) is 36.0 Å². The second-order valence-electron chi connectivity index (χ2n) is 2.52. The highest BCUT2D eigenvalue weighted by atomic mass is 16.3. The van der Waals surface area contributed by atoms with E-state index in [0.29, 0.717) is 0 Å². The summed E-state index contributed by atoms with van der Waals surface area (Å²) in [5, 5.41) is 10.1. The number of benzene rings is 1. The Labute approximate surface area is 78.2 Å². The van der Waals surface area contributed by atoms with Gasteiger partial charge in [0.1, 0.15) is 0 Å². The predicted octanol–water partition coefficient (Wildman–Crippen LogP) is 2.69. The smallest absolute Gasteiger partial charge is 0.0702 e. The maximum atomic E-state index is 8.93. The number of rotatable bonds is 1. The van der Waals surface area contributed by atoms with Crippen LogP contribution in [0, 0.1) is 0 Å². The van der Waals surface area contributed by atoms with E-state index in [-0.39, 0.29) is 6.61 Å². The van der Waals surface area contributed by atoms with Crippen molar-refractivity contribution >= 4 is 10.9 Å². The number of para-hydroxylation sites is 1. The molecule has 0 atom stereocenters. The fourth-order valence-corrected chi connectivity index (χ4v) is 1.28. The molecule has 0 aliphatic carbocycles. The molecular weight excluding hydrogens is 162 g/mol. The predicted molar refractivity (Wildman–Crippen MR) is 55.6 cm³/mol. The van der Waals surface area contributed by atoms with E-state index in [1.54, 1.807) is 0 Å². The van der Waals surface area contributed by atoms with Gasteiger partial charge in [-0.3, -0.25) is 0 Å². The van der Waals surface area contributed by atoms with E-state index in [1.165, 1.54) is 0 Å². The van der Waals surface area contributed by atoms with Gasteiger partial charge in [0, 0.05) is 11.8 Å². The molecule has 70 valence electrons. The first-order valence-electron chi connectivity index (χ1n) is 4.57. The lowest BCUT2D eigenvalue weighted by Gasteiger charge is -1.96. The van der Waals surface area contributed by atoms with E-state index in [9.17, 15) is 0 Å². The van der Waals surface area contributed by atoms with E-state index < -0.39 is 0 Å². The number of aromatic nitrogens is 1. The van der Waals surface area contributed by atoms with Gasteiger partial charge in [0.2, 0.25) is 0 Å². The number of hydrogen-bond donors (Lipinski definition) is 2. The lowest BCUT2D eigenvalue weighted by Crippen LogP contribution is -1.83. The van der Waals surface area contributed by atoms with Crippen molar-refractivity contribution in [1.82, 2.24) is 4.98 Å². The SMILES string of the molecule is CC.OCc1cccc2cc[nH]c12.